The molecule has 2 atom stereocenters. The second-order valence-corrected chi connectivity index (χ2v) is 9.71. The minimum Gasteiger partial charge on any atom is -0.321 e. The molecule has 0 saturated carbocycles. The van der Waals surface area contributed by atoms with Crippen molar-refractivity contribution in [1.82, 2.24) is 19.2 Å². The molecule has 5 nitrogen and oxygen atoms in total. The van der Waals surface area contributed by atoms with Gasteiger partial charge in [0, 0.05) is 43.0 Å². The van der Waals surface area contributed by atoms with Gasteiger partial charge in [-0.15, -0.1) is 0 Å². The molecule has 1 saturated heterocycles. The Morgan fingerprint density at radius 3 is 2.50 bits per heavy atom. The number of halogens is 1. The number of pyridine rings is 1. The third kappa shape index (κ3) is 5.00. The van der Waals surface area contributed by atoms with E-state index >= 15 is 0 Å². The van der Waals surface area contributed by atoms with E-state index in [1.54, 1.807) is 6.20 Å². The van der Waals surface area contributed by atoms with Gasteiger partial charge in [0.05, 0.1) is 6.17 Å². The number of aromatic nitrogens is 2. The molecule has 0 radical (unpaired) electrons. The summed E-state index contributed by atoms with van der Waals surface area (Å²) in [6, 6.07) is 13.9. The predicted octanol–water partition coefficient (Wildman–Crippen LogP) is 5.70. The maximum absolute atomic E-state index is 14.0. The van der Waals surface area contributed by atoms with Crippen LogP contribution in [0.1, 0.15) is 62.0 Å². The van der Waals surface area contributed by atoms with E-state index < -0.39 is 0 Å². The number of likely N-dealkylation sites (tertiary alicyclic amines) is 1. The molecule has 2 aromatic heterocycles. The lowest BCUT2D eigenvalue weighted by Crippen LogP contribution is -2.50. The monoisotopic (exact) mass is 452 g/mol. The molecule has 6 heteroatoms. The SMILES string of the molecule is CC(C)CC(CN(C(=O)c1cccc2nccn12)C(C)N1CCCC1)c1ccc(Cl)cc1. The van der Waals surface area contributed by atoms with Gasteiger partial charge in [-0.25, -0.2) is 4.98 Å². The molecule has 2 unspecified atom stereocenters. The fraction of sp³-hybridized carbons (Fsp3) is 0.462. The first-order valence-electron chi connectivity index (χ1n) is 11.7. The Kier molecular flexibility index (Phi) is 7.17. The van der Waals surface area contributed by atoms with Crippen LogP contribution in [0.2, 0.25) is 5.02 Å². The molecule has 3 heterocycles. The molecule has 1 amide bonds. The van der Waals surface area contributed by atoms with Crippen molar-refractivity contribution in [2.45, 2.75) is 52.1 Å². The van der Waals surface area contributed by atoms with Crippen LogP contribution in [-0.2, 0) is 0 Å². The lowest BCUT2D eigenvalue weighted by Gasteiger charge is -2.38. The second-order valence-electron chi connectivity index (χ2n) is 9.28. The highest BCUT2D eigenvalue weighted by Crippen LogP contribution is 2.29. The van der Waals surface area contributed by atoms with Crippen LogP contribution in [0, 0.1) is 5.92 Å². The van der Waals surface area contributed by atoms with Gasteiger partial charge >= 0.3 is 0 Å². The van der Waals surface area contributed by atoms with Gasteiger partial charge in [-0.3, -0.25) is 14.1 Å². The number of hydrogen-bond donors (Lipinski definition) is 0. The lowest BCUT2D eigenvalue weighted by molar-refractivity contribution is 0.0401. The Morgan fingerprint density at radius 1 is 1.09 bits per heavy atom. The lowest BCUT2D eigenvalue weighted by atomic mass is 9.89. The smallest absolute Gasteiger partial charge is 0.272 e. The Labute approximate surface area is 196 Å². The number of benzene rings is 1. The van der Waals surface area contributed by atoms with Crippen LogP contribution in [-0.4, -0.2) is 50.9 Å². The summed E-state index contributed by atoms with van der Waals surface area (Å²) in [5.41, 5.74) is 2.68. The van der Waals surface area contributed by atoms with Crippen LogP contribution in [0.15, 0.2) is 54.9 Å². The fourth-order valence-corrected chi connectivity index (χ4v) is 4.97. The Balaban J connectivity index is 1.69. The standard InChI is InChI=1S/C26H33ClN4O/c1-19(2)17-22(21-9-11-23(27)12-10-21)18-31(20(3)29-14-4-5-15-29)26(32)24-7-6-8-25-28-13-16-30(24)25/h6-13,16,19-20,22H,4-5,14-15,17-18H2,1-3H3. The maximum Gasteiger partial charge on any atom is 0.272 e. The molecule has 0 spiro atoms. The summed E-state index contributed by atoms with van der Waals surface area (Å²) in [5.74, 6) is 0.811. The first-order valence-corrected chi connectivity index (χ1v) is 12.0. The summed E-state index contributed by atoms with van der Waals surface area (Å²) in [6.45, 7) is 9.40. The predicted molar refractivity (Wildman–Crippen MR) is 130 cm³/mol. The van der Waals surface area contributed by atoms with Gasteiger partial charge in [0.1, 0.15) is 11.3 Å². The fourth-order valence-electron chi connectivity index (χ4n) is 4.84. The van der Waals surface area contributed by atoms with Crippen molar-refractivity contribution in [2.24, 2.45) is 5.92 Å². The number of amides is 1. The summed E-state index contributed by atoms with van der Waals surface area (Å²) in [4.78, 5) is 22.9. The molecule has 170 valence electrons. The first-order chi connectivity index (χ1) is 15.4. The number of nitrogens with zero attached hydrogens (tertiary/aromatic N) is 4. The van der Waals surface area contributed by atoms with Crippen molar-refractivity contribution in [1.29, 1.82) is 0 Å². The molecule has 32 heavy (non-hydrogen) atoms. The Bertz CT molecular complexity index is 1040. The summed E-state index contributed by atoms with van der Waals surface area (Å²) in [6.07, 6.45) is 7.03. The largest absolute Gasteiger partial charge is 0.321 e. The zero-order valence-electron chi connectivity index (χ0n) is 19.2. The van der Waals surface area contributed by atoms with Gasteiger partial charge in [0.25, 0.3) is 5.91 Å². The molecule has 1 aliphatic heterocycles. The van der Waals surface area contributed by atoms with Crippen LogP contribution in [0.4, 0.5) is 0 Å². The molecule has 3 aromatic rings. The molecule has 1 aliphatic rings. The summed E-state index contributed by atoms with van der Waals surface area (Å²) >= 11 is 6.16. The molecular formula is C26H33ClN4O. The number of carbonyl (C=O) groups is 1. The van der Waals surface area contributed by atoms with Gasteiger partial charge in [-0.1, -0.05) is 43.6 Å². The molecular weight excluding hydrogens is 420 g/mol. The molecule has 0 aliphatic carbocycles. The van der Waals surface area contributed by atoms with E-state index in [0.717, 1.165) is 30.2 Å². The molecule has 0 bridgehead atoms. The van der Waals surface area contributed by atoms with E-state index in [1.165, 1.54) is 18.4 Å². The molecule has 1 fully saturated rings. The minimum absolute atomic E-state index is 0.0331. The van der Waals surface area contributed by atoms with Crippen molar-refractivity contribution in [3.8, 4) is 0 Å². The van der Waals surface area contributed by atoms with Gasteiger partial charge in [-0.2, -0.15) is 0 Å². The zero-order chi connectivity index (χ0) is 22.7. The van der Waals surface area contributed by atoms with Crippen molar-refractivity contribution in [3.63, 3.8) is 0 Å². The van der Waals surface area contributed by atoms with Crippen LogP contribution < -0.4 is 0 Å². The van der Waals surface area contributed by atoms with E-state index in [9.17, 15) is 4.79 Å². The van der Waals surface area contributed by atoms with Crippen molar-refractivity contribution in [2.75, 3.05) is 19.6 Å². The number of hydrogen-bond acceptors (Lipinski definition) is 3. The highest BCUT2D eigenvalue weighted by Gasteiger charge is 2.31. The minimum atomic E-state index is 0.0331. The Hall–Kier alpha value is -2.37. The van der Waals surface area contributed by atoms with E-state index in [2.05, 4.69) is 47.7 Å². The van der Waals surface area contributed by atoms with Crippen molar-refractivity contribution < 1.29 is 4.79 Å². The quantitative estimate of drug-likeness (QED) is 0.440. The average molecular weight is 453 g/mol. The third-order valence-corrected chi connectivity index (χ3v) is 6.79. The number of carbonyl (C=O) groups excluding carboxylic acids is 1. The first kappa shape index (κ1) is 22.8. The van der Waals surface area contributed by atoms with Gasteiger partial charge in [0.15, 0.2) is 0 Å². The van der Waals surface area contributed by atoms with Gasteiger partial charge in [-0.05, 0) is 61.9 Å². The third-order valence-electron chi connectivity index (χ3n) is 6.54. The van der Waals surface area contributed by atoms with E-state index in [1.807, 2.05) is 40.9 Å². The number of imidazole rings is 1. The number of fused-ring (bicyclic) bond motifs is 1. The van der Waals surface area contributed by atoms with E-state index in [-0.39, 0.29) is 18.0 Å². The molecule has 0 N–H and O–H groups in total. The van der Waals surface area contributed by atoms with E-state index in [4.69, 9.17) is 11.6 Å². The normalized spacial score (nSPS) is 16.5. The highest BCUT2D eigenvalue weighted by atomic mass is 35.5. The maximum atomic E-state index is 14.0. The van der Waals surface area contributed by atoms with Crippen LogP contribution in [0.3, 0.4) is 0 Å². The van der Waals surface area contributed by atoms with Gasteiger partial charge in [0.2, 0.25) is 0 Å². The van der Waals surface area contributed by atoms with Crippen LogP contribution in [0.25, 0.3) is 5.65 Å². The van der Waals surface area contributed by atoms with Gasteiger partial charge < -0.3 is 4.90 Å². The zero-order valence-corrected chi connectivity index (χ0v) is 20.0. The van der Waals surface area contributed by atoms with Crippen molar-refractivity contribution in [3.05, 3.63) is 71.1 Å². The van der Waals surface area contributed by atoms with Crippen LogP contribution >= 0.6 is 11.6 Å². The Morgan fingerprint density at radius 2 is 1.81 bits per heavy atom. The number of rotatable bonds is 8. The topological polar surface area (TPSA) is 40.9 Å². The molecule has 1 aromatic carbocycles. The summed E-state index contributed by atoms with van der Waals surface area (Å²) in [7, 11) is 0. The van der Waals surface area contributed by atoms with E-state index in [0.29, 0.717) is 18.2 Å². The average Bonchev–Trinajstić information content (AvgIpc) is 3.48. The van der Waals surface area contributed by atoms with Crippen molar-refractivity contribution >= 4 is 23.2 Å². The molecule has 4 rings (SSSR count). The summed E-state index contributed by atoms with van der Waals surface area (Å²) in [5, 5.41) is 0.738. The van der Waals surface area contributed by atoms with Crippen LogP contribution in [0.5, 0.6) is 0 Å². The second kappa shape index (κ2) is 10.1. The summed E-state index contributed by atoms with van der Waals surface area (Å²) < 4.78 is 1.89. The highest BCUT2D eigenvalue weighted by molar-refractivity contribution is 6.30.